The second-order valence-electron chi connectivity index (χ2n) is 5.37. The van der Waals surface area contributed by atoms with Crippen molar-refractivity contribution in [3.05, 3.63) is 47.1 Å². The van der Waals surface area contributed by atoms with Gasteiger partial charge in [-0.1, -0.05) is 12.1 Å². The summed E-state index contributed by atoms with van der Waals surface area (Å²) in [6.07, 6.45) is 1.63. The molecule has 22 heavy (non-hydrogen) atoms. The molecule has 5 nitrogen and oxygen atoms in total. The third kappa shape index (κ3) is 2.07. The maximum absolute atomic E-state index is 5.22. The van der Waals surface area contributed by atoms with Crippen LogP contribution in [0.25, 0.3) is 11.4 Å². The lowest BCUT2D eigenvalue weighted by Gasteiger charge is -2.29. The van der Waals surface area contributed by atoms with E-state index in [2.05, 4.69) is 39.4 Å². The highest BCUT2D eigenvalue weighted by Gasteiger charge is 2.26. The Morgan fingerprint density at radius 1 is 1.27 bits per heavy atom. The Balaban J connectivity index is 1.68. The fourth-order valence-electron chi connectivity index (χ4n) is 2.80. The van der Waals surface area contributed by atoms with Crippen molar-refractivity contribution >= 4 is 16.3 Å². The molecule has 2 aromatic heterocycles. The average molecular weight is 312 g/mol. The molecule has 3 heterocycles. The van der Waals surface area contributed by atoms with Crippen molar-refractivity contribution in [2.75, 3.05) is 12.0 Å². The molecule has 0 N–H and O–H groups in total. The third-order valence-corrected chi connectivity index (χ3v) is 5.08. The largest absolute Gasteiger partial charge is 0.497 e. The topological polar surface area (TPSA) is 43.2 Å². The highest BCUT2D eigenvalue weighted by Crippen LogP contribution is 2.42. The molecule has 0 saturated carbocycles. The van der Waals surface area contributed by atoms with Crippen LogP contribution in [0.15, 0.2) is 36.0 Å². The molecule has 4 rings (SSSR count). The monoisotopic (exact) mass is 312 g/mol. The standard InChI is InChI=1S/C16H16N4OS/c1-11-8-22-16-14(11)15-17-9-18-20(15)10-19(16)7-12-3-5-13(21-2)6-4-12/h3-6,8-9H,7,10H2,1-2H3. The molecule has 1 aliphatic heterocycles. The van der Waals surface area contributed by atoms with Crippen LogP contribution in [0, 0.1) is 6.92 Å². The maximum atomic E-state index is 5.22. The van der Waals surface area contributed by atoms with Crippen molar-refractivity contribution in [2.45, 2.75) is 20.1 Å². The number of fused-ring (bicyclic) bond motifs is 3. The predicted octanol–water partition coefficient (Wildman–Crippen LogP) is 3.30. The summed E-state index contributed by atoms with van der Waals surface area (Å²) in [6, 6.07) is 8.22. The molecule has 1 aliphatic rings. The first-order valence-corrected chi connectivity index (χ1v) is 7.98. The number of thiophene rings is 1. The molecular formula is C16H16N4OS. The summed E-state index contributed by atoms with van der Waals surface area (Å²) in [5.41, 5.74) is 3.72. The first-order chi connectivity index (χ1) is 10.8. The number of hydrogen-bond donors (Lipinski definition) is 0. The minimum Gasteiger partial charge on any atom is -0.497 e. The SMILES string of the molecule is COc1ccc(CN2Cn3ncnc3-c3c(C)csc32)cc1. The van der Waals surface area contributed by atoms with Gasteiger partial charge >= 0.3 is 0 Å². The van der Waals surface area contributed by atoms with Crippen LogP contribution in [-0.4, -0.2) is 21.9 Å². The van der Waals surface area contributed by atoms with E-state index in [0.717, 1.165) is 24.8 Å². The van der Waals surface area contributed by atoms with Gasteiger partial charge in [-0.25, -0.2) is 9.67 Å². The second-order valence-corrected chi connectivity index (χ2v) is 6.23. The number of benzene rings is 1. The van der Waals surface area contributed by atoms with Gasteiger partial charge in [0, 0.05) is 6.54 Å². The van der Waals surface area contributed by atoms with Crippen LogP contribution in [0.3, 0.4) is 0 Å². The minimum absolute atomic E-state index is 0.730. The number of rotatable bonds is 3. The molecule has 0 aliphatic carbocycles. The first kappa shape index (κ1) is 13.3. The summed E-state index contributed by atoms with van der Waals surface area (Å²) >= 11 is 1.77. The predicted molar refractivity (Wildman–Crippen MR) is 87.2 cm³/mol. The fourth-order valence-corrected chi connectivity index (χ4v) is 3.84. The zero-order valence-electron chi connectivity index (χ0n) is 12.5. The second kappa shape index (κ2) is 5.14. The zero-order chi connectivity index (χ0) is 15.1. The van der Waals surface area contributed by atoms with E-state index >= 15 is 0 Å². The number of methoxy groups -OCH3 is 1. The molecule has 0 spiro atoms. The van der Waals surface area contributed by atoms with Gasteiger partial charge in [0.1, 0.15) is 23.7 Å². The molecule has 6 heteroatoms. The van der Waals surface area contributed by atoms with Gasteiger partial charge in [0.05, 0.1) is 12.7 Å². The maximum Gasteiger partial charge on any atom is 0.163 e. The quantitative estimate of drug-likeness (QED) is 0.744. The van der Waals surface area contributed by atoms with E-state index < -0.39 is 0 Å². The van der Waals surface area contributed by atoms with Crippen LogP contribution in [0.5, 0.6) is 5.75 Å². The summed E-state index contributed by atoms with van der Waals surface area (Å²) in [5.74, 6) is 1.85. The van der Waals surface area contributed by atoms with E-state index in [1.165, 1.54) is 21.7 Å². The number of ether oxygens (including phenoxy) is 1. The summed E-state index contributed by atoms with van der Waals surface area (Å²) in [5, 5.41) is 7.81. The highest BCUT2D eigenvalue weighted by atomic mass is 32.1. The van der Waals surface area contributed by atoms with E-state index in [0.29, 0.717) is 0 Å². The molecule has 0 unspecified atom stereocenters. The molecule has 1 aromatic carbocycles. The highest BCUT2D eigenvalue weighted by molar-refractivity contribution is 7.15. The van der Waals surface area contributed by atoms with Gasteiger partial charge in [0.2, 0.25) is 0 Å². The van der Waals surface area contributed by atoms with Crippen LogP contribution >= 0.6 is 11.3 Å². The molecule has 0 atom stereocenters. The number of aryl methyl sites for hydroxylation is 1. The summed E-state index contributed by atoms with van der Waals surface area (Å²) in [4.78, 5) is 6.75. The lowest BCUT2D eigenvalue weighted by molar-refractivity contribution is 0.414. The lowest BCUT2D eigenvalue weighted by Crippen LogP contribution is -2.29. The molecule has 0 radical (unpaired) electrons. The van der Waals surface area contributed by atoms with Crippen molar-refractivity contribution in [3.63, 3.8) is 0 Å². The van der Waals surface area contributed by atoms with Gasteiger partial charge in [0.25, 0.3) is 0 Å². The third-order valence-electron chi connectivity index (χ3n) is 3.92. The molecule has 3 aromatic rings. The van der Waals surface area contributed by atoms with E-state index in [-0.39, 0.29) is 0 Å². The minimum atomic E-state index is 0.730. The number of aromatic nitrogens is 3. The normalized spacial score (nSPS) is 12.9. The van der Waals surface area contributed by atoms with E-state index in [9.17, 15) is 0 Å². The molecule has 112 valence electrons. The number of anilines is 1. The molecule has 0 amide bonds. The van der Waals surface area contributed by atoms with Gasteiger partial charge in [0.15, 0.2) is 5.82 Å². The molecule has 0 fully saturated rings. The van der Waals surface area contributed by atoms with Crippen LogP contribution in [0.4, 0.5) is 5.00 Å². The first-order valence-electron chi connectivity index (χ1n) is 7.10. The van der Waals surface area contributed by atoms with Crippen molar-refractivity contribution in [3.8, 4) is 17.1 Å². The Bertz CT molecular complexity index is 806. The fraction of sp³-hybridized carbons (Fsp3) is 0.250. The van der Waals surface area contributed by atoms with Gasteiger partial charge in [-0.05, 0) is 35.6 Å². The van der Waals surface area contributed by atoms with Gasteiger partial charge in [-0.15, -0.1) is 11.3 Å². The van der Waals surface area contributed by atoms with Gasteiger partial charge in [-0.3, -0.25) is 0 Å². The van der Waals surface area contributed by atoms with E-state index in [1.807, 2.05) is 16.8 Å². The zero-order valence-corrected chi connectivity index (χ0v) is 13.3. The van der Waals surface area contributed by atoms with Gasteiger partial charge < -0.3 is 9.64 Å². The van der Waals surface area contributed by atoms with E-state index in [4.69, 9.17) is 4.74 Å². The Hall–Kier alpha value is -2.34. The smallest absolute Gasteiger partial charge is 0.163 e. The Labute approximate surface area is 132 Å². The van der Waals surface area contributed by atoms with Crippen molar-refractivity contribution in [1.29, 1.82) is 0 Å². The van der Waals surface area contributed by atoms with Gasteiger partial charge in [-0.2, -0.15) is 5.10 Å². The summed E-state index contributed by atoms with van der Waals surface area (Å²) < 4.78 is 7.18. The molecule has 0 saturated heterocycles. The summed E-state index contributed by atoms with van der Waals surface area (Å²) in [6.45, 7) is 3.70. The van der Waals surface area contributed by atoms with Crippen LogP contribution in [0.2, 0.25) is 0 Å². The average Bonchev–Trinajstić information content (AvgIpc) is 3.14. The summed E-state index contributed by atoms with van der Waals surface area (Å²) in [7, 11) is 1.69. The molecule has 0 bridgehead atoms. The van der Waals surface area contributed by atoms with Crippen LogP contribution < -0.4 is 9.64 Å². The Morgan fingerprint density at radius 2 is 2.09 bits per heavy atom. The number of nitrogens with zero attached hydrogens (tertiary/aromatic N) is 4. The Morgan fingerprint density at radius 3 is 2.86 bits per heavy atom. The van der Waals surface area contributed by atoms with E-state index in [1.54, 1.807) is 24.8 Å². The number of hydrogen-bond acceptors (Lipinski definition) is 5. The lowest BCUT2D eigenvalue weighted by atomic mass is 10.1. The van der Waals surface area contributed by atoms with Crippen molar-refractivity contribution in [2.24, 2.45) is 0 Å². The van der Waals surface area contributed by atoms with Crippen LogP contribution in [0.1, 0.15) is 11.1 Å². The molecular weight excluding hydrogens is 296 g/mol. The van der Waals surface area contributed by atoms with Crippen molar-refractivity contribution < 1.29 is 4.74 Å². The Kier molecular flexibility index (Phi) is 3.11. The van der Waals surface area contributed by atoms with Crippen LogP contribution in [-0.2, 0) is 13.2 Å². The van der Waals surface area contributed by atoms with Crippen molar-refractivity contribution in [1.82, 2.24) is 14.8 Å².